The van der Waals surface area contributed by atoms with Crippen molar-refractivity contribution in [3.05, 3.63) is 71.8 Å². The van der Waals surface area contributed by atoms with Crippen LogP contribution in [0.1, 0.15) is 22.9 Å². The molecular weight excluding hydrogens is 234 g/mol. The first kappa shape index (κ1) is 11.8. The fraction of sp³-hybridized carbons (Fsp3) is 0.125. The molecule has 0 aliphatic rings. The number of aryl methyl sites for hydroxylation is 1. The molecule has 3 nitrogen and oxygen atoms in total. The summed E-state index contributed by atoms with van der Waals surface area (Å²) in [6, 6.07) is 12.0. The Labute approximate surface area is 112 Å². The molecule has 0 saturated heterocycles. The summed E-state index contributed by atoms with van der Waals surface area (Å²) in [5.74, 6) is 0. The summed E-state index contributed by atoms with van der Waals surface area (Å²) in [6.07, 6.45) is 5.54. The van der Waals surface area contributed by atoms with E-state index in [1.54, 1.807) is 0 Å². The van der Waals surface area contributed by atoms with Crippen LogP contribution in [0.5, 0.6) is 0 Å². The lowest BCUT2D eigenvalue weighted by Crippen LogP contribution is -2.13. The van der Waals surface area contributed by atoms with Crippen LogP contribution in [0, 0.1) is 6.92 Å². The number of hydrogen-bond acceptors (Lipinski definition) is 3. The van der Waals surface area contributed by atoms with Gasteiger partial charge in [0, 0.05) is 29.7 Å². The maximum atomic E-state index is 6.35. The largest absolute Gasteiger partial charge is 0.320 e. The molecule has 0 saturated carbocycles. The first-order chi connectivity index (χ1) is 9.25. The molecule has 3 rings (SSSR count). The molecule has 0 fully saturated rings. The number of rotatable bonds is 2. The molecule has 0 bridgehead atoms. The third-order valence-corrected chi connectivity index (χ3v) is 3.33. The third kappa shape index (κ3) is 2.20. The van der Waals surface area contributed by atoms with Gasteiger partial charge in [-0.15, -0.1) is 0 Å². The Morgan fingerprint density at radius 1 is 1.00 bits per heavy atom. The van der Waals surface area contributed by atoms with Crippen molar-refractivity contribution in [2.24, 2.45) is 5.73 Å². The van der Waals surface area contributed by atoms with Crippen molar-refractivity contribution < 1.29 is 0 Å². The highest BCUT2D eigenvalue weighted by Gasteiger charge is 2.12. The minimum absolute atomic E-state index is 0.202. The minimum Gasteiger partial charge on any atom is -0.320 e. The molecule has 3 heteroatoms. The topological polar surface area (TPSA) is 51.8 Å². The van der Waals surface area contributed by atoms with Crippen LogP contribution in [-0.2, 0) is 0 Å². The Balaban J connectivity index is 2.11. The van der Waals surface area contributed by atoms with E-state index in [1.807, 2.05) is 55.8 Å². The summed E-state index contributed by atoms with van der Waals surface area (Å²) in [7, 11) is 0. The maximum absolute atomic E-state index is 6.35. The van der Waals surface area contributed by atoms with Crippen LogP contribution < -0.4 is 5.73 Å². The monoisotopic (exact) mass is 249 g/mol. The van der Waals surface area contributed by atoms with Crippen LogP contribution in [-0.4, -0.2) is 9.97 Å². The molecule has 0 spiro atoms. The highest BCUT2D eigenvalue weighted by Crippen LogP contribution is 2.25. The fourth-order valence-electron chi connectivity index (χ4n) is 2.23. The molecule has 0 aliphatic carbocycles. The Morgan fingerprint density at radius 3 is 2.63 bits per heavy atom. The number of nitrogens with two attached hydrogens (primary N) is 1. The standard InChI is InChI=1S/C16H15N3/c1-11-6-7-13(9-19-11)16(17)15-10-18-8-12-4-2-3-5-14(12)15/h2-10,16H,17H2,1H3. The van der Waals surface area contributed by atoms with E-state index in [1.165, 1.54) is 0 Å². The molecule has 2 heterocycles. The van der Waals surface area contributed by atoms with Crippen LogP contribution in [0.3, 0.4) is 0 Å². The summed E-state index contributed by atoms with van der Waals surface area (Å²) < 4.78 is 0. The average Bonchev–Trinajstić information content (AvgIpc) is 2.47. The zero-order valence-corrected chi connectivity index (χ0v) is 10.7. The van der Waals surface area contributed by atoms with E-state index in [-0.39, 0.29) is 6.04 Å². The highest BCUT2D eigenvalue weighted by atomic mass is 14.7. The second-order valence-electron chi connectivity index (χ2n) is 4.66. The van der Waals surface area contributed by atoms with Gasteiger partial charge in [-0.3, -0.25) is 9.97 Å². The molecule has 1 aromatic carbocycles. The van der Waals surface area contributed by atoms with Crippen LogP contribution in [0.4, 0.5) is 0 Å². The number of fused-ring (bicyclic) bond motifs is 1. The van der Waals surface area contributed by atoms with Crippen LogP contribution in [0.2, 0.25) is 0 Å². The number of nitrogens with zero attached hydrogens (tertiary/aromatic N) is 2. The number of aromatic nitrogens is 2. The molecule has 0 amide bonds. The molecule has 19 heavy (non-hydrogen) atoms. The predicted octanol–water partition coefficient (Wildman–Crippen LogP) is 2.99. The zero-order valence-electron chi connectivity index (χ0n) is 10.7. The van der Waals surface area contributed by atoms with Gasteiger partial charge < -0.3 is 5.73 Å². The lowest BCUT2D eigenvalue weighted by molar-refractivity contribution is 0.862. The van der Waals surface area contributed by atoms with E-state index >= 15 is 0 Å². The molecule has 1 atom stereocenters. The van der Waals surface area contributed by atoms with E-state index in [0.717, 1.165) is 27.6 Å². The van der Waals surface area contributed by atoms with E-state index in [9.17, 15) is 0 Å². The Kier molecular flexibility index (Phi) is 2.97. The normalized spacial score (nSPS) is 12.5. The van der Waals surface area contributed by atoms with Crippen LogP contribution >= 0.6 is 0 Å². The van der Waals surface area contributed by atoms with Gasteiger partial charge in [0.25, 0.3) is 0 Å². The van der Waals surface area contributed by atoms with Gasteiger partial charge in [-0.2, -0.15) is 0 Å². The van der Waals surface area contributed by atoms with Gasteiger partial charge in [0.1, 0.15) is 0 Å². The molecule has 94 valence electrons. The van der Waals surface area contributed by atoms with Crippen LogP contribution in [0.25, 0.3) is 10.8 Å². The summed E-state index contributed by atoms with van der Waals surface area (Å²) >= 11 is 0. The van der Waals surface area contributed by atoms with E-state index in [0.29, 0.717) is 0 Å². The van der Waals surface area contributed by atoms with Crippen LogP contribution in [0.15, 0.2) is 55.0 Å². The second kappa shape index (κ2) is 4.78. The van der Waals surface area contributed by atoms with Crippen molar-refractivity contribution in [2.75, 3.05) is 0 Å². The fourth-order valence-corrected chi connectivity index (χ4v) is 2.23. The average molecular weight is 249 g/mol. The van der Waals surface area contributed by atoms with Gasteiger partial charge in [0.05, 0.1) is 6.04 Å². The number of hydrogen-bond donors (Lipinski definition) is 1. The number of benzene rings is 1. The summed E-state index contributed by atoms with van der Waals surface area (Å²) in [5.41, 5.74) is 9.38. The Bertz CT molecular complexity index is 699. The predicted molar refractivity (Wildman–Crippen MR) is 76.7 cm³/mol. The summed E-state index contributed by atoms with van der Waals surface area (Å²) in [4.78, 5) is 8.58. The lowest BCUT2D eigenvalue weighted by atomic mass is 9.97. The number of pyridine rings is 2. The first-order valence-electron chi connectivity index (χ1n) is 6.26. The maximum Gasteiger partial charge on any atom is 0.0588 e. The first-order valence-corrected chi connectivity index (χ1v) is 6.26. The summed E-state index contributed by atoms with van der Waals surface area (Å²) in [5, 5.41) is 2.25. The van der Waals surface area contributed by atoms with Gasteiger partial charge in [-0.1, -0.05) is 30.3 Å². The third-order valence-electron chi connectivity index (χ3n) is 3.33. The molecule has 0 aliphatic heterocycles. The minimum atomic E-state index is -0.202. The Hall–Kier alpha value is -2.26. The van der Waals surface area contributed by atoms with Crippen molar-refractivity contribution in [1.29, 1.82) is 0 Å². The van der Waals surface area contributed by atoms with Crippen molar-refractivity contribution >= 4 is 10.8 Å². The van der Waals surface area contributed by atoms with Crippen molar-refractivity contribution in [3.63, 3.8) is 0 Å². The quantitative estimate of drug-likeness (QED) is 0.759. The van der Waals surface area contributed by atoms with Gasteiger partial charge in [0.2, 0.25) is 0 Å². The van der Waals surface area contributed by atoms with E-state index in [4.69, 9.17) is 5.73 Å². The molecule has 1 unspecified atom stereocenters. The van der Waals surface area contributed by atoms with E-state index in [2.05, 4.69) is 16.0 Å². The SMILES string of the molecule is Cc1ccc(C(N)c2cncc3ccccc23)cn1. The molecule has 0 radical (unpaired) electrons. The Morgan fingerprint density at radius 2 is 1.84 bits per heavy atom. The highest BCUT2D eigenvalue weighted by molar-refractivity contribution is 5.85. The van der Waals surface area contributed by atoms with Gasteiger partial charge in [-0.05, 0) is 29.5 Å². The smallest absolute Gasteiger partial charge is 0.0588 e. The molecule has 2 N–H and O–H groups in total. The summed E-state index contributed by atoms with van der Waals surface area (Å²) in [6.45, 7) is 1.97. The van der Waals surface area contributed by atoms with Gasteiger partial charge in [0.15, 0.2) is 0 Å². The van der Waals surface area contributed by atoms with Crippen molar-refractivity contribution in [2.45, 2.75) is 13.0 Å². The van der Waals surface area contributed by atoms with Crippen molar-refractivity contribution in [1.82, 2.24) is 9.97 Å². The second-order valence-corrected chi connectivity index (χ2v) is 4.66. The molecule has 3 aromatic rings. The van der Waals surface area contributed by atoms with Crippen molar-refractivity contribution in [3.8, 4) is 0 Å². The van der Waals surface area contributed by atoms with Gasteiger partial charge >= 0.3 is 0 Å². The van der Waals surface area contributed by atoms with Gasteiger partial charge in [-0.25, -0.2) is 0 Å². The molecule has 2 aromatic heterocycles. The van der Waals surface area contributed by atoms with E-state index < -0.39 is 0 Å². The zero-order chi connectivity index (χ0) is 13.2. The molecular formula is C16H15N3. The lowest BCUT2D eigenvalue weighted by Gasteiger charge is -2.14.